The van der Waals surface area contributed by atoms with Gasteiger partial charge in [-0.1, -0.05) is 6.92 Å². The molecule has 0 radical (unpaired) electrons. The SMILES string of the molecule is CCSCC(=O)c1ccc(Br)cn1. The molecule has 1 aromatic heterocycles. The van der Waals surface area contributed by atoms with E-state index in [1.54, 1.807) is 24.0 Å². The van der Waals surface area contributed by atoms with Crippen LogP contribution in [0.1, 0.15) is 17.4 Å². The van der Waals surface area contributed by atoms with E-state index in [2.05, 4.69) is 20.9 Å². The highest BCUT2D eigenvalue weighted by Gasteiger charge is 2.05. The predicted molar refractivity (Wildman–Crippen MR) is 59.3 cm³/mol. The van der Waals surface area contributed by atoms with Crippen molar-refractivity contribution in [3.05, 3.63) is 28.5 Å². The monoisotopic (exact) mass is 259 g/mol. The van der Waals surface area contributed by atoms with E-state index >= 15 is 0 Å². The molecule has 4 heteroatoms. The summed E-state index contributed by atoms with van der Waals surface area (Å²) in [6.07, 6.45) is 1.64. The van der Waals surface area contributed by atoms with Gasteiger partial charge in [0.1, 0.15) is 5.69 Å². The third kappa shape index (κ3) is 3.48. The first-order valence-electron chi connectivity index (χ1n) is 3.96. The van der Waals surface area contributed by atoms with Crippen LogP contribution in [-0.4, -0.2) is 22.3 Å². The van der Waals surface area contributed by atoms with Crippen LogP contribution in [0.15, 0.2) is 22.8 Å². The van der Waals surface area contributed by atoms with Gasteiger partial charge in [0.2, 0.25) is 0 Å². The van der Waals surface area contributed by atoms with Crippen molar-refractivity contribution in [1.29, 1.82) is 0 Å². The lowest BCUT2D eigenvalue weighted by atomic mass is 10.3. The minimum absolute atomic E-state index is 0.0966. The Morgan fingerprint density at radius 1 is 1.62 bits per heavy atom. The smallest absolute Gasteiger partial charge is 0.190 e. The number of carbonyl (C=O) groups excluding carboxylic acids is 1. The van der Waals surface area contributed by atoms with Gasteiger partial charge in [0, 0.05) is 10.7 Å². The molecule has 0 saturated heterocycles. The molecule has 0 N–H and O–H groups in total. The third-order valence-electron chi connectivity index (χ3n) is 1.45. The Hall–Kier alpha value is -0.350. The summed E-state index contributed by atoms with van der Waals surface area (Å²) in [4.78, 5) is 15.4. The van der Waals surface area contributed by atoms with Crippen molar-refractivity contribution in [2.24, 2.45) is 0 Å². The third-order valence-corrected chi connectivity index (χ3v) is 2.79. The number of nitrogens with zero attached hydrogens (tertiary/aromatic N) is 1. The minimum atomic E-state index is 0.0966. The molecular weight excluding hydrogens is 250 g/mol. The zero-order valence-corrected chi connectivity index (χ0v) is 9.69. The molecule has 70 valence electrons. The first-order chi connectivity index (χ1) is 6.24. The topological polar surface area (TPSA) is 30.0 Å². The normalized spacial score (nSPS) is 10.0. The van der Waals surface area contributed by atoms with Crippen LogP contribution in [0.25, 0.3) is 0 Å². The molecular formula is C9H10BrNOS. The lowest BCUT2D eigenvalue weighted by Crippen LogP contribution is -2.04. The van der Waals surface area contributed by atoms with Gasteiger partial charge >= 0.3 is 0 Å². The number of aromatic nitrogens is 1. The number of hydrogen-bond donors (Lipinski definition) is 0. The Morgan fingerprint density at radius 2 is 2.38 bits per heavy atom. The van der Waals surface area contributed by atoms with Gasteiger partial charge in [0.05, 0.1) is 5.75 Å². The maximum atomic E-state index is 11.4. The highest BCUT2D eigenvalue weighted by atomic mass is 79.9. The van der Waals surface area contributed by atoms with Crippen molar-refractivity contribution in [2.45, 2.75) is 6.92 Å². The number of carbonyl (C=O) groups is 1. The largest absolute Gasteiger partial charge is 0.292 e. The van der Waals surface area contributed by atoms with Crippen molar-refractivity contribution in [1.82, 2.24) is 4.98 Å². The van der Waals surface area contributed by atoms with Crippen LogP contribution in [0.5, 0.6) is 0 Å². The van der Waals surface area contributed by atoms with E-state index in [1.165, 1.54) is 0 Å². The second kappa shape index (κ2) is 5.40. The van der Waals surface area contributed by atoms with Crippen molar-refractivity contribution in [3.8, 4) is 0 Å². The van der Waals surface area contributed by atoms with Crippen molar-refractivity contribution in [3.63, 3.8) is 0 Å². The van der Waals surface area contributed by atoms with Crippen molar-refractivity contribution >= 4 is 33.5 Å². The molecule has 0 aliphatic rings. The van der Waals surface area contributed by atoms with Crippen LogP contribution in [0.4, 0.5) is 0 Å². The van der Waals surface area contributed by atoms with E-state index in [4.69, 9.17) is 0 Å². The number of pyridine rings is 1. The van der Waals surface area contributed by atoms with Crippen LogP contribution in [0.2, 0.25) is 0 Å². The predicted octanol–water partition coefficient (Wildman–Crippen LogP) is 2.78. The summed E-state index contributed by atoms with van der Waals surface area (Å²) < 4.78 is 0.896. The second-order valence-electron chi connectivity index (χ2n) is 2.42. The summed E-state index contributed by atoms with van der Waals surface area (Å²) in [5.74, 6) is 1.58. The zero-order valence-electron chi connectivity index (χ0n) is 7.29. The molecule has 1 aromatic rings. The molecule has 13 heavy (non-hydrogen) atoms. The van der Waals surface area contributed by atoms with Crippen LogP contribution < -0.4 is 0 Å². The Bertz CT molecular complexity index is 286. The molecule has 1 rings (SSSR count). The van der Waals surface area contributed by atoms with Gasteiger partial charge in [-0.2, -0.15) is 11.8 Å². The minimum Gasteiger partial charge on any atom is -0.292 e. The molecule has 0 amide bonds. The number of Topliss-reactive ketones (excluding diaryl/α,β-unsaturated/α-hetero) is 1. The highest BCUT2D eigenvalue weighted by molar-refractivity contribution is 9.10. The maximum absolute atomic E-state index is 11.4. The number of thioether (sulfide) groups is 1. The van der Waals surface area contributed by atoms with E-state index in [9.17, 15) is 4.79 Å². The van der Waals surface area contributed by atoms with E-state index in [0.29, 0.717) is 11.4 Å². The summed E-state index contributed by atoms with van der Waals surface area (Å²) in [6, 6.07) is 3.57. The van der Waals surface area contributed by atoms with Crippen LogP contribution >= 0.6 is 27.7 Å². The fourth-order valence-corrected chi connectivity index (χ4v) is 1.58. The molecule has 0 aliphatic heterocycles. The molecule has 0 bridgehead atoms. The van der Waals surface area contributed by atoms with Crippen LogP contribution in [0.3, 0.4) is 0 Å². The molecule has 0 unspecified atom stereocenters. The van der Waals surface area contributed by atoms with Gasteiger partial charge in [-0.15, -0.1) is 0 Å². The van der Waals surface area contributed by atoms with Gasteiger partial charge in [0.25, 0.3) is 0 Å². The van der Waals surface area contributed by atoms with E-state index < -0.39 is 0 Å². The zero-order chi connectivity index (χ0) is 9.68. The highest BCUT2D eigenvalue weighted by Crippen LogP contribution is 2.09. The summed E-state index contributed by atoms with van der Waals surface area (Å²) in [7, 11) is 0. The van der Waals surface area contributed by atoms with Crippen LogP contribution in [0, 0.1) is 0 Å². The van der Waals surface area contributed by atoms with E-state index in [0.717, 1.165) is 10.2 Å². The molecule has 0 saturated carbocycles. The quantitative estimate of drug-likeness (QED) is 0.780. The lowest BCUT2D eigenvalue weighted by molar-refractivity contribution is 0.101. The summed E-state index contributed by atoms with van der Waals surface area (Å²) in [5.41, 5.74) is 0.546. The van der Waals surface area contributed by atoms with Gasteiger partial charge in [-0.05, 0) is 33.8 Å². The fourth-order valence-electron chi connectivity index (χ4n) is 0.809. The van der Waals surface area contributed by atoms with Gasteiger partial charge in [-0.25, -0.2) is 0 Å². The fraction of sp³-hybridized carbons (Fsp3) is 0.333. The molecule has 0 aromatic carbocycles. The average Bonchev–Trinajstić information content (AvgIpc) is 2.15. The standard InChI is InChI=1S/C9H10BrNOS/c1-2-13-6-9(12)8-4-3-7(10)5-11-8/h3-5H,2,6H2,1H3. The average molecular weight is 260 g/mol. The van der Waals surface area contributed by atoms with Crippen LogP contribution in [-0.2, 0) is 0 Å². The molecule has 1 heterocycles. The summed E-state index contributed by atoms with van der Waals surface area (Å²) in [5, 5.41) is 0. The maximum Gasteiger partial charge on any atom is 0.190 e. The number of rotatable bonds is 4. The molecule has 0 spiro atoms. The van der Waals surface area contributed by atoms with Crippen molar-refractivity contribution < 1.29 is 4.79 Å². The first kappa shape index (κ1) is 10.7. The summed E-state index contributed by atoms with van der Waals surface area (Å²) >= 11 is 4.88. The van der Waals surface area contributed by atoms with Gasteiger partial charge in [-0.3, -0.25) is 9.78 Å². The lowest BCUT2D eigenvalue weighted by Gasteiger charge is -1.98. The number of halogens is 1. The van der Waals surface area contributed by atoms with E-state index in [-0.39, 0.29) is 5.78 Å². The van der Waals surface area contributed by atoms with E-state index in [1.807, 2.05) is 13.0 Å². The Labute approximate surface area is 90.3 Å². The number of hydrogen-bond acceptors (Lipinski definition) is 3. The Balaban J connectivity index is 2.61. The molecule has 2 nitrogen and oxygen atoms in total. The molecule has 0 aliphatic carbocycles. The van der Waals surface area contributed by atoms with Gasteiger partial charge < -0.3 is 0 Å². The Morgan fingerprint density at radius 3 is 2.92 bits per heavy atom. The molecule has 0 atom stereocenters. The Kier molecular flexibility index (Phi) is 4.45. The summed E-state index contributed by atoms with van der Waals surface area (Å²) in [6.45, 7) is 2.03. The second-order valence-corrected chi connectivity index (χ2v) is 4.61. The molecule has 0 fully saturated rings. The number of ketones is 1. The first-order valence-corrected chi connectivity index (χ1v) is 5.91. The van der Waals surface area contributed by atoms with Gasteiger partial charge in [0.15, 0.2) is 5.78 Å². The van der Waals surface area contributed by atoms with Crippen molar-refractivity contribution in [2.75, 3.05) is 11.5 Å².